The molecule has 0 saturated heterocycles. The second-order valence-electron chi connectivity index (χ2n) is 5.76. The van der Waals surface area contributed by atoms with Crippen LogP contribution in [0.15, 0.2) is 22.9 Å². The molecule has 0 radical (unpaired) electrons. The highest BCUT2D eigenvalue weighted by Crippen LogP contribution is 2.19. The third-order valence-electron chi connectivity index (χ3n) is 3.69. The van der Waals surface area contributed by atoms with Gasteiger partial charge in [0.1, 0.15) is 0 Å². The Morgan fingerprint density at radius 2 is 2.09 bits per heavy atom. The average molecular weight is 314 g/mol. The van der Waals surface area contributed by atoms with Crippen LogP contribution in [0.2, 0.25) is 0 Å². The molecule has 3 heterocycles. The van der Waals surface area contributed by atoms with E-state index >= 15 is 0 Å². The van der Waals surface area contributed by atoms with Crippen LogP contribution in [0.3, 0.4) is 0 Å². The normalized spacial score (nSPS) is 11.7. The third kappa shape index (κ3) is 3.39. The highest BCUT2D eigenvalue weighted by molar-refractivity contribution is 5.59. The molecule has 0 aliphatic rings. The molecule has 0 saturated carbocycles. The summed E-state index contributed by atoms with van der Waals surface area (Å²) in [6, 6.07) is 3.89. The number of hydrogen-bond acceptors (Lipinski definition) is 6. The standard InChI is InChI=1S/C16H22N6O/c1-4-6-13-17-16(23-20-13)12-7-9-22-14(10-12)18-19-15(22)11-21(3)8-5-2/h7,9-10H,4-6,8,11H2,1-3H3. The molecule has 3 rings (SSSR count). The molecule has 7 heteroatoms. The first kappa shape index (κ1) is 15.6. The van der Waals surface area contributed by atoms with Crippen LogP contribution in [0, 0.1) is 0 Å². The maximum atomic E-state index is 5.33. The lowest BCUT2D eigenvalue weighted by Crippen LogP contribution is -2.20. The molecule has 3 aromatic heterocycles. The van der Waals surface area contributed by atoms with Gasteiger partial charge in [-0.2, -0.15) is 4.98 Å². The molecule has 23 heavy (non-hydrogen) atoms. The Morgan fingerprint density at radius 3 is 2.87 bits per heavy atom. The van der Waals surface area contributed by atoms with E-state index in [1.54, 1.807) is 0 Å². The van der Waals surface area contributed by atoms with Crippen molar-refractivity contribution in [2.24, 2.45) is 0 Å². The van der Waals surface area contributed by atoms with Crippen LogP contribution in [0.25, 0.3) is 17.1 Å². The Hall–Kier alpha value is -2.28. The van der Waals surface area contributed by atoms with Crippen molar-refractivity contribution in [3.8, 4) is 11.5 Å². The number of aromatic nitrogens is 5. The Bertz CT molecular complexity index is 778. The second-order valence-corrected chi connectivity index (χ2v) is 5.76. The molecule has 0 unspecified atom stereocenters. The van der Waals surface area contributed by atoms with E-state index in [-0.39, 0.29) is 0 Å². The van der Waals surface area contributed by atoms with Gasteiger partial charge in [-0.15, -0.1) is 10.2 Å². The highest BCUT2D eigenvalue weighted by atomic mass is 16.5. The minimum absolute atomic E-state index is 0.531. The van der Waals surface area contributed by atoms with E-state index in [1.807, 2.05) is 22.7 Å². The van der Waals surface area contributed by atoms with Gasteiger partial charge in [-0.05, 0) is 38.6 Å². The lowest BCUT2D eigenvalue weighted by molar-refractivity contribution is 0.318. The number of fused-ring (bicyclic) bond motifs is 1. The largest absolute Gasteiger partial charge is 0.334 e. The molecular weight excluding hydrogens is 292 g/mol. The fraction of sp³-hybridized carbons (Fsp3) is 0.500. The Balaban J connectivity index is 1.85. The molecule has 0 spiro atoms. The SMILES string of the molecule is CCCc1noc(-c2ccn3c(CN(C)CCC)nnc3c2)n1. The van der Waals surface area contributed by atoms with Gasteiger partial charge in [-0.3, -0.25) is 9.30 Å². The first-order valence-electron chi connectivity index (χ1n) is 8.06. The van der Waals surface area contributed by atoms with Crippen molar-refractivity contribution in [1.82, 2.24) is 29.6 Å². The number of pyridine rings is 1. The van der Waals surface area contributed by atoms with E-state index in [0.29, 0.717) is 5.89 Å². The zero-order valence-electron chi connectivity index (χ0n) is 13.9. The van der Waals surface area contributed by atoms with Gasteiger partial charge in [0.2, 0.25) is 0 Å². The van der Waals surface area contributed by atoms with Crippen LogP contribution in [0.4, 0.5) is 0 Å². The van der Waals surface area contributed by atoms with Crippen LogP contribution in [0.1, 0.15) is 38.3 Å². The van der Waals surface area contributed by atoms with E-state index in [1.165, 1.54) is 0 Å². The van der Waals surface area contributed by atoms with E-state index < -0.39 is 0 Å². The Morgan fingerprint density at radius 1 is 1.22 bits per heavy atom. The van der Waals surface area contributed by atoms with E-state index in [0.717, 1.165) is 55.2 Å². The summed E-state index contributed by atoms with van der Waals surface area (Å²) < 4.78 is 7.33. The molecule has 0 aliphatic heterocycles. The van der Waals surface area contributed by atoms with Crippen molar-refractivity contribution in [3.63, 3.8) is 0 Å². The van der Waals surface area contributed by atoms with Crippen molar-refractivity contribution in [3.05, 3.63) is 30.0 Å². The number of rotatable bonds is 7. The molecule has 0 fully saturated rings. The first-order valence-corrected chi connectivity index (χ1v) is 8.06. The summed E-state index contributed by atoms with van der Waals surface area (Å²) in [6.45, 7) is 6.07. The van der Waals surface area contributed by atoms with Gasteiger partial charge >= 0.3 is 0 Å². The van der Waals surface area contributed by atoms with Crippen LogP contribution in [-0.4, -0.2) is 43.2 Å². The summed E-state index contributed by atoms with van der Waals surface area (Å²) in [4.78, 5) is 6.65. The molecule has 7 nitrogen and oxygen atoms in total. The molecule has 122 valence electrons. The quantitative estimate of drug-likeness (QED) is 0.667. The fourth-order valence-electron chi connectivity index (χ4n) is 2.58. The fourth-order valence-corrected chi connectivity index (χ4v) is 2.58. The van der Waals surface area contributed by atoms with Crippen molar-refractivity contribution in [2.75, 3.05) is 13.6 Å². The smallest absolute Gasteiger partial charge is 0.258 e. The molecule has 0 amide bonds. The number of nitrogens with zero attached hydrogens (tertiary/aromatic N) is 6. The summed E-state index contributed by atoms with van der Waals surface area (Å²) in [5.41, 5.74) is 1.66. The Labute approximate surface area is 135 Å². The summed E-state index contributed by atoms with van der Waals surface area (Å²) >= 11 is 0. The van der Waals surface area contributed by atoms with Crippen LogP contribution < -0.4 is 0 Å². The highest BCUT2D eigenvalue weighted by Gasteiger charge is 2.12. The van der Waals surface area contributed by atoms with Crippen molar-refractivity contribution < 1.29 is 4.52 Å². The van der Waals surface area contributed by atoms with Gasteiger partial charge in [0, 0.05) is 18.2 Å². The lowest BCUT2D eigenvalue weighted by Gasteiger charge is -2.13. The van der Waals surface area contributed by atoms with Crippen molar-refractivity contribution in [2.45, 2.75) is 39.7 Å². The maximum absolute atomic E-state index is 5.33. The molecule has 3 aromatic rings. The molecule has 0 N–H and O–H groups in total. The monoisotopic (exact) mass is 314 g/mol. The van der Waals surface area contributed by atoms with E-state index in [9.17, 15) is 0 Å². The van der Waals surface area contributed by atoms with Gasteiger partial charge in [0.15, 0.2) is 17.3 Å². The minimum Gasteiger partial charge on any atom is -0.334 e. The predicted molar refractivity (Wildman–Crippen MR) is 86.9 cm³/mol. The maximum Gasteiger partial charge on any atom is 0.258 e. The van der Waals surface area contributed by atoms with Gasteiger partial charge in [-0.25, -0.2) is 0 Å². The molecule has 0 aromatic carbocycles. The van der Waals surface area contributed by atoms with Gasteiger partial charge < -0.3 is 4.52 Å². The summed E-state index contributed by atoms with van der Waals surface area (Å²) in [7, 11) is 2.09. The summed E-state index contributed by atoms with van der Waals surface area (Å²) in [5, 5.41) is 12.5. The van der Waals surface area contributed by atoms with Gasteiger partial charge in [0.25, 0.3) is 5.89 Å². The van der Waals surface area contributed by atoms with Crippen molar-refractivity contribution in [1.29, 1.82) is 0 Å². The van der Waals surface area contributed by atoms with Crippen LogP contribution >= 0.6 is 0 Å². The van der Waals surface area contributed by atoms with Gasteiger partial charge in [0.05, 0.1) is 6.54 Å². The molecule has 0 bridgehead atoms. The van der Waals surface area contributed by atoms with Crippen LogP contribution in [0.5, 0.6) is 0 Å². The van der Waals surface area contributed by atoms with Gasteiger partial charge in [-0.1, -0.05) is 19.0 Å². The topological polar surface area (TPSA) is 72.3 Å². The second kappa shape index (κ2) is 6.87. The van der Waals surface area contributed by atoms with E-state index in [4.69, 9.17) is 4.52 Å². The van der Waals surface area contributed by atoms with Crippen LogP contribution in [-0.2, 0) is 13.0 Å². The first-order chi connectivity index (χ1) is 11.2. The molecule has 0 atom stereocenters. The number of hydrogen-bond donors (Lipinski definition) is 0. The van der Waals surface area contributed by atoms with Crippen molar-refractivity contribution >= 4 is 5.65 Å². The predicted octanol–water partition coefficient (Wildman–Crippen LogP) is 2.57. The zero-order valence-corrected chi connectivity index (χ0v) is 13.9. The Kier molecular flexibility index (Phi) is 4.66. The minimum atomic E-state index is 0.531. The molecular formula is C16H22N6O. The number of aryl methyl sites for hydroxylation is 1. The average Bonchev–Trinajstić information content (AvgIpc) is 3.15. The summed E-state index contributed by atoms with van der Waals surface area (Å²) in [6.07, 6.45) is 4.90. The lowest BCUT2D eigenvalue weighted by atomic mass is 10.2. The summed E-state index contributed by atoms with van der Waals surface area (Å²) in [5.74, 6) is 2.20. The zero-order chi connectivity index (χ0) is 16.2. The third-order valence-corrected chi connectivity index (χ3v) is 3.69. The van der Waals surface area contributed by atoms with E-state index in [2.05, 4.69) is 46.1 Å². The molecule has 0 aliphatic carbocycles.